The first-order valence-electron chi connectivity index (χ1n) is 6.01. The molecule has 0 aromatic rings. The zero-order chi connectivity index (χ0) is 12.2. The largest absolute Gasteiger partial charge is 0.444 e. The summed E-state index contributed by atoms with van der Waals surface area (Å²) < 4.78 is 5.37. The van der Waals surface area contributed by atoms with Gasteiger partial charge in [0.2, 0.25) is 0 Å². The minimum atomic E-state index is -0.395. The van der Waals surface area contributed by atoms with Crippen LogP contribution >= 0.6 is 12.6 Å². The fourth-order valence-electron chi connectivity index (χ4n) is 1.98. The predicted molar refractivity (Wildman–Crippen MR) is 69.0 cm³/mol. The van der Waals surface area contributed by atoms with Gasteiger partial charge in [0.25, 0.3) is 0 Å². The molecular formula is C12H23NO2S. The van der Waals surface area contributed by atoms with Gasteiger partial charge in [-0.05, 0) is 51.7 Å². The zero-order valence-corrected chi connectivity index (χ0v) is 11.4. The van der Waals surface area contributed by atoms with Crippen molar-refractivity contribution in [3.63, 3.8) is 0 Å². The van der Waals surface area contributed by atoms with Crippen LogP contribution in [-0.4, -0.2) is 35.4 Å². The Labute approximate surface area is 104 Å². The summed E-state index contributed by atoms with van der Waals surface area (Å²) >= 11 is 4.25. The number of thiol groups is 1. The summed E-state index contributed by atoms with van der Waals surface area (Å²) in [7, 11) is 0. The molecule has 94 valence electrons. The summed E-state index contributed by atoms with van der Waals surface area (Å²) in [6.07, 6.45) is 3.20. The maximum atomic E-state index is 11.8. The summed E-state index contributed by atoms with van der Waals surface area (Å²) in [6.45, 7) is 7.37. The summed E-state index contributed by atoms with van der Waals surface area (Å²) in [5, 5.41) is 0. The fraction of sp³-hybridized carbons (Fsp3) is 0.917. The van der Waals surface area contributed by atoms with Crippen molar-refractivity contribution in [3.8, 4) is 0 Å². The molecule has 0 bridgehead atoms. The van der Waals surface area contributed by atoms with Crippen LogP contribution in [0.5, 0.6) is 0 Å². The van der Waals surface area contributed by atoms with Crippen LogP contribution in [0.4, 0.5) is 4.79 Å². The molecule has 0 radical (unpaired) electrons. The van der Waals surface area contributed by atoms with Gasteiger partial charge in [-0.2, -0.15) is 12.6 Å². The molecule has 0 N–H and O–H groups in total. The van der Waals surface area contributed by atoms with Crippen molar-refractivity contribution in [1.29, 1.82) is 0 Å². The first-order valence-corrected chi connectivity index (χ1v) is 6.64. The number of ether oxygens (including phenoxy) is 1. The number of carbonyl (C=O) groups is 1. The normalized spacial score (nSPS) is 22.0. The van der Waals surface area contributed by atoms with Crippen LogP contribution in [0, 0.1) is 5.92 Å². The van der Waals surface area contributed by atoms with Crippen LogP contribution in [-0.2, 0) is 4.74 Å². The summed E-state index contributed by atoms with van der Waals surface area (Å²) in [5.74, 6) is 1.49. The Hall–Kier alpha value is -0.380. The van der Waals surface area contributed by atoms with Gasteiger partial charge in [-0.15, -0.1) is 0 Å². The molecule has 0 aliphatic carbocycles. The number of rotatable bonds is 2. The molecule has 3 nitrogen and oxygen atoms in total. The number of nitrogens with zero attached hydrogens (tertiary/aromatic N) is 1. The Morgan fingerprint density at radius 3 is 2.75 bits per heavy atom. The molecule has 1 amide bonds. The number of hydrogen-bond donors (Lipinski definition) is 1. The molecule has 16 heavy (non-hydrogen) atoms. The average Bonchev–Trinajstić information content (AvgIpc) is 2.16. The van der Waals surface area contributed by atoms with Gasteiger partial charge in [0.15, 0.2) is 0 Å². The molecule has 4 heteroatoms. The molecule has 0 aromatic carbocycles. The molecule has 0 aromatic heterocycles. The minimum Gasteiger partial charge on any atom is -0.444 e. The summed E-state index contributed by atoms with van der Waals surface area (Å²) in [5.41, 5.74) is -0.395. The highest BCUT2D eigenvalue weighted by Gasteiger charge is 2.26. The Kier molecular flexibility index (Phi) is 4.96. The van der Waals surface area contributed by atoms with Crippen molar-refractivity contribution in [2.75, 3.05) is 18.8 Å². The van der Waals surface area contributed by atoms with E-state index in [-0.39, 0.29) is 6.09 Å². The molecule has 1 saturated heterocycles. The van der Waals surface area contributed by atoms with E-state index < -0.39 is 5.60 Å². The second-order valence-electron chi connectivity index (χ2n) is 5.45. The Bertz CT molecular complexity index is 236. The van der Waals surface area contributed by atoms with Crippen LogP contribution in [0.2, 0.25) is 0 Å². The lowest BCUT2D eigenvalue weighted by atomic mass is 9.96. The van der Waals surface area contributed by atoms with Gasteiger partial charge >= 0.3 is 6.09 Å². The van der Waals surface area contributed by atoms with Crippen LogP contribution < -0.4 is 0 Å². The number of likely N-dealkylation sites (tertiary alicyclic amines) is 1. The van der Waals surface area contributed by atoms with Crippen LogP contribution in [0.25, 0.3) is 0 Å². The van der Waals surface area contributed by atoms with E-state index >= 15 is 0 Å². The average molecular weight is 245 g/mol. The van der Waals surface area contributed by atoms with E-state index in [0.29, 0.717) is 5.92 Å². The Balaban J connectivity index is 2.44. The van der Waals surface area contributed by atoms with Crippen molar-refractivity contribution in [2.24, 2.45) is 5.92 Å². The second-order valence-corrected chi connectivity index (χ2v) is 5.89. The van der Waals surface area contributed by atoms with Gasteiger partial charge < -0.3 is 9.64 Å². The first-order chi connectivity index (χ1) is 7.42. The van der Waals surface area contributed by atoms with Gasteiger partial charge in [-0.1, -0.05) is 0 Å². The standard InChI is InChI=1S/C12H23NO2S/c1-12(2,3)15-11(14)13-7-4-5-10(9-13)6-8-16/h10,16H,4-9H2,1-3H3. The lowest BCUT2D eigenvalue weighted by Gasteiger charge is -2.34. The van der Waals surface area contributed by atoms with Crippen molar-refractivity contribution in [1.82, 2.24) is 4.90 Å². The number of piperidine rings is 1. The predicted octanol–water partition coefficient (Wildman–Crippen LogP) is 2.95. The van der Waals surface area contributed by atoms with Crippen molar-refractivity contribution < 1.29 is 9.53 Å². The quantitative estimate of drug-likeness (QED) is 0.758. The van der Waals surface area contributed by atoms with E-state index in [1.54, 1.807) is 0 Å². The Morgan fingerprint density at radius 1 is 1.50 bits per heavy atom. The monoisotopic (exact) mass is 245 g/mol. The highest BCUT2D eigenvalue weighted by atomic mass is 32.1. The molecule has 1 aliphatic heterocycles. The topological polar surface area (TPSA) is 29.5 Å². The first kappa shape index (κ1) is 13.7. The molecular weight excluding hydrogens is 222 g/mol. The van der Waals surface area contributed by atoms with Crippen LogP contribution in [0.1, 0.15) is 40.0 Å². The lowest BCUT2D eigenvalue weighted by molar-refractivity contribution is 0.0165. The zero-order valence-electron chi connectivity index (χ0n) is 10.5. The van der Waals surface area contributed by atoms with E-state index in [0.717, 1.165) is 31.7 Å². The molecule has 1 heterocycles. The number of amides is 1. The third-order valence-corrected chi connectivity index (χ3v) is 2.97. The van der Waals surface area contributed by atoms with Crippen molar-refractivity contribution >= 4 is 18.7 Å². The SMILES string of the molecule is CC(C)(C)OC(=O)N1CCCC(CCS)C1. The highest BCUT2D eigenvalue weighted by molar-refractivity contribution is 7.80. The van der Waals surface area contributed by atoms with Gasteiger partial charge in [-0.3, -0.25) is 0 Å². The number of carbonyl (C=O) groups excluding carboxylic acids is 1. The van der Waals surface area contributed by atoms with Crippen LogP contribution in [0.15, 0.2) is 0 Å². The van der Waals surface area contributed by atoms with Gasteiger partial charge in [0.05, 0.1) is 0 Å². The fourth-order valence-corrected chi connectivity index (χ4v) is 2.34. The Morgan fingerprint density at radius 2 is 2.19 bits per heavy atom. The summed E-state index contributed by atoms with van der Waals surface area (Å²) in [6, 6.07) is 0. The number of hydrogen-bond acceptors (Lipinski definition) is 3. The van der Waals surface area contributed by atoms with Crippen molar-refractivity contribution in [2.45, 2.75) is 45.6 Å². The van der Waals surface area contributed by atoms with Gasteiger partial charge in [0, 0.05) is 13.1 Å². The van der Waals surface area contributed by atoms with E-state index in [1.165, 1.54) is 6.42 Å². The highest BCUT2D eigenvalue weighted by Crippen LogP contribution is 2.21. The van der Waals surface area contributed by atoms with Gasteiger partial charge in [-0.25, -0.2) is 4.79 Å². The van der Waals surface area contributed by atoms with Crippen LogP contribution in [0.3, 0.4) is 0 Å². The van der Waals surface area contributed by atoms with E-state index in [4.69, 9.17) is 4.74 Å². The van der Waals surface area contributed by atoms with Crippen molar-refractivity contribution in [3.05, 3.63) is 0 Å². The van der Waals surface area contributed by atoms with E-state index in [1.807, 2.05) is 25.7 Å². The maximum absolute atomic E-state index is 11.8. The molecule has 1 aliphatic rings. The molecule has 1 fully saturated rings. The molecule has 0 spiro atoms. The lowest BCUT2D eigenvalue weighted by Crippen LogP contribution is -2.42. The van der Waals surface area contributed by atoms with Gasteiger partial charge in [0.1, 0.15) is 5.60 Å². The smallest absolute Gasteiger partial charge is 0.410 e. The van der Waals surface area contributed by atoms with E-state index in [9.17, 15) is 4.79 Å². The maximum Gasteiger partial charge on any atom is 0.410 e. The third-order valence-electron chi connectivity index (χ3n) is 2.71. The van der Waals surface area contributed by atoms with E-state index in [2.05, 4.69) is 12.6 Å². The molecule has 0 saturated carbocycles. The molecule has 1 unspecified atom stereocenters. The molecule has 1 rings (SSSR count). The molecule has 1 atom stereocenters. The second kappa shape index (κ2) is 5.80. The third kappa shape index (κ3) is 4.64. The summed E-state index contributed by atoms with van der Waals surface area (Å²) in [4.78, 5) is 13.7. The minimum absolute atomic E-state index is 0.170.